The minimum atomic E-state index is 0.240. The zero-order chi connectivity index (χ0) is 16.4. The van der Waals surface area contributed by atoms with Crippen molar-refractivity contribution in [3.05, 3.63) is 48.0 Å². The highest BCUT2D eigenvalue weighted by Crippen LogP contribution is 2.34. The van der Waals surface area contributed by atoms with Crippen LogP contribution < -0.4 is 0 Å². The maximum Gasteiger partial charge on any atom is 0.209 e. The van der Waals surface area contributed by atoms with Gasteiger partial charge >= 0.3 is 0 Å². The lowest BCUT2D eigenvalue weighted by molar-refractivity contribution is 0.0911. The van der Waals surface area contributed by atoms with Crippen LogP contribution in [-0.4, -0.2) is 32.9 Å². The first-order valence-electron chi connectivity index (χ1n) is 8.33. The first-order valence-corrected chi connectivity index (χ1v) is 9.21. The van der Waals surface area contributed by atoms with Crippen LogP contribution >= 0.6 is 11.8 Å². The first kappa shape index (κ1) is 15.6. The highest BCUT2D eigenvalue weighted by atomic mass is 32.2. The number of aromatic nitrogens is 4. The molecular weight excluding hydrogens is 320 g/mol. The van der Waals surface area contributed by atoms with Crippen molar-refractivity contribution in [2.45, 2.75) is 42.8 Å². The minimum Gasteiger partial charge on any atom is -0.376 e. The van der Waals surface area contributed by atoms with E-state index in [0.29, 0.717) is 0 Å². The van der Waals surface area contributed by atoms with Crippen LogP contribution in [0, 0.1) is 0 Å². The molecule has 2 aromatic carbocycles. The van der Waals surface area contributed by atoms with Crippen molar-refractivity contribution in [1.82, 2.24) is 20.2 Å². The van der Waals surface area contributed by atoms with Crippen molar-refractivity contribution in [2.24, 2.45) is 0 Å². The molecule has 2 atom stereocenters. The predicted molar refractivity (Wildman–Crippen MR) is 95.0 cm³/mol. The molecular formula is C18H20N4OS. The van der Waals surface area contributed by atoms with Crippen LogP contribution in [0.4, 0.5) is 0 Å². The minimum absolute atomic E-state index is 0.240. The third-order valence-corrected chi connectivity index (χ3v) is 5.55. The van der Waals surface area contributed by atoms with Gasteiger partial charge in [0, 0.05) is 11.9 Å². The molecule has 6 heteroatoms. The van der Waals surface area contributed by atoms with Crippen molar-refractivity contribution >= 4 is 22.5 Å². The monoisotopic (exact) mass is 340 g/mol. The average Bonchev–Trinajstić information content (AvgIpc) is 3.27. The van der Waals surface area contributed by atoms with Gasteiger partial charge in [-0.1, -0.05) is 54.2 Å². The molecule has 0 bridgehead atoms. The van der Waals surface area contributed by atoms with Crippen molar-refractivity contribution in [1.29, 1.82) is 0 Å². The van der Waals surface area contributed by atoms with E-state index in [-0.39, 0.29) is 11.4 Å². The van der Waals surface area contributed by atoms with E-state index in [1.165, 1.54) is 16.3 Å². The topological polar surface area (TPSA) is 52.8 Å². The SMILES string of the molecule is CC(Sc1nnnn1CC1CCCO1)c1ccc2ccccc2c1. The molecule has 1 fully saturated rings. The van der Waals surface area contributed by atoms with Gasteiger partial charge in [-0.2, -0.15) is 0 Å². The number of ether oxygens (including phenoxy) is 1. The molecule has 2 heterocycles. The van der Waals surface area contributed by atoms with E-state index in [1.807, 2.05) is 4.68 Å². The molecule has 1 aliphatic rings. The molecule has 1 aromatic heterocycles. The Morgan fingerprint density at radius 1 is 1.25 bits per heavy atom. The summed E-state index contributed by atoms with van der Waals surface area (Å²) < 4.78 is 7.57. The number of hydrogen-bond acceptors (Lipinski definition) is 5. The summed E-state index contributed by atoms with van der Waals surface area (Å²) in [6.45, 7) is 3.78. The number of rotatable bonds is 5. The van der Waals surface area contributed by atoms with Crippen molar-refractivity contribution in [2.75, 3.05) is 6.61 Å². The fourth-order valence-corrected chi connectivity index (χ4v) is 3.98. The van der Waals surface area contributed by atoms with Gasteiger partial charge in [-0.05, 0) is 46.5 Å². The van der Waals surface area contributed by atoms with Gasteiger partial charge in [0.15, 0.2) is 0 Å². The molecule has 1 saturated heterocycles. The Hall–Kier alpha value is -1.92. The first-order chi connectivity index (χ1) is 11.8. The zero-order valence-corrected chi connectivity index (χ0v) is 14.4. The van der Waals surface area contributed by atoms with E-state index in [1.54, 1.807) is 11.8 Å². The van der Waals surface area contributed by atoms with Gasteiger partial charge in [-0.15, -0.1) is 5.10 Å². The molecule has 0 spiro atoms. The molecule has 0 saturated carbocycles. The van der Waals surface area contributed by atoms with Gasteiger partial charge < -0.3 is 4.74 Å². The Balaban J connectivity index is 1.50. The molecule has 124 valence electrons. The van der Waals surface area contributed by atoms with Crippen LogP contribution in [0.1, 0.15) is 30.6 Å². The zero-order valence-electron chi connectivity index (χ0n) is 13.6. The second-order valence-corrected chi connectivity index (χ2v) is 7.45. The Morgan fingerprint density at radius 2 is 2.12 bits per heavy atom. The summed E-state index contributed by atoms with van der Waals surface area (Å²) in [4.78, 5) is 0. The number of fused-ring (bicyclic) bond motifs is 1. The molecule has 2 unspecified atom stereocenters. The molecule has 3 aromatic rings. The van der Waals surface area contributed by atoms with E-state index < -0.39 is 0 Å². The average molecular weight is 340 g/mol. The van der Waals surface area contributed by atoms with Crippen molar-refractivity contribution in [3.8, 4) is 0 Å². The van der Waals surface area contributed by atoms with Crippen LogP contribution in [0.3, 0.4) is 0 Å². The Morgan fingerprint density at radius 3 is 2.96 bits per heavy atom. The lowest BCUT2D eigenvalue weighted by Gasteiger charge is -2.14. The largest absolute Gasteiger partial charge is 0.376 e. The second kappa shape index (κ2) is 6.91. The van der Waals surface area contributed by atoms with Crippen LogP contribution in [0.25, 0.3) is 10.8 Å². The predicted octanol–water partition coefficient (Wildman–Crippen LogP) is 3.86. The molecule has 4 rings (SSSR count). The Labute approximate surface area is 145 Å². The smallest absolute Gasteiger partial charge is 0.209 e. The van der Waals surface area contributed by atoms with Crippen LogP contribution in [-0.2, 0) is 11.3 Å². The summed E-state index contributed by atoms with van der Waals surface area (Å²) in [5.41, 5.74) is 1.28. The highest BCUT2D eigenvalue weighted by Gasteiger charge is 2.20. The third-order valence-electron chi connectivity index (χ3n) is 4.42. The van der Waals surface area contributed by atoms with Crippen LogP contribution in [0.2, 0.25) is 0 Å². The molecule has 0 amide bonds. The number of tetrazole rings is 1. The second-order valence-electron chi connectivity index (χ2n) is 6.15. The molecule has 0 N–H and O–H groups in total. The van der Waals surface area contributed by atoms with Gasteiger partial charge in [0.25, 0.3) is 0 Å². The molecule has 5 nitrogen and oxygen atoms in total. The van der Waals surface area contributed by atoms with Crippen LogP contribution in [0.5, 0.6) is 0 Å². The molecule has 0 radical (unpaired) electrons. The van der Waals surface area contributed by atoms with Crippen molar-refractivity contribution in [3.63, 3.8) is 0 Å². The summed E-state index contributed by atoms with van der Waals surface area (Å²) in [6, 6.07) is 15.1. The summed E-state index contributed by atoms with van der Waals surface area (Å²) in [5.74, 6) is 0. The lowest BCUT2D eigenvalue weighted by Crippen LogP contribution is -2.17. The number of hydrogen-bond donors (Lipinski definition) is 0. The van der Waals surface area contributed by atoms with Gasteiger partial charge in [-0.3, -0.25) is 0 Å². The highest BCUT2D eigenvalue weighted by molar-refractivity contribution is 7.99. The standard InChI is InChI=1S/C18H20N4OS/c1-13(15-9-8-14-5-2-3-6-16(14)11-15)24-18-19-20-21-22(18)12-17-7-4-10-23-17/h2-3,5-6,8-9,11,13,17H,4,7,10,12H2,1H3. The van der Waals surface area contributed by atoms with Gasteiger partial charge in [-0.25, -0.2) is 4.68 Å². The van der Waals surface area contributed by atoms with E-state index in [2.05, 4.69) is 64.9 Å². The fraction of sp³-hybridized carbons (Fsp3) is 0.389. The molecule has 1 aliphatic heterocycles. The van der Waals surface area contributed by atoms with E-state index in [4.69, 9.17) is 4.74 Å². The van der Waals surface area contributed by atoms with E-state index in [0.717, 1.165) is 31.1 Å². The van der Waals surface area contributed by atoms with Gasteiger partial charge in [0.2, 0.25) is 5.16 Å². The van der Waals surface area contributed by atoms with E-state index in [9.17, 15) is 0 Å². The van der Waals surface area contributed by atoms with Crippen molar-refractivity contribution < 1.29 is 4.74 Å². The Bertz CT molecular complexity index is 829. The maximum absolute atomic E-state index is 5.69. The molecule has 0 aliphatic carbocycles. The Kier molecular flexibility index (Phi) is 4.49. The van der Waals surface area contributed by atoms with Gasteiger partial charge in [0.05, 0.1) is 12.6 Å². The van der Waals surface area contributed by atoms with Crippen LogP contribution in [0.15, 0.2) is 47.6 Å². The molecule has 24 heavy (non-hydrogen) atoms. The summed E-state index contributed by atoms with van der Waals surface area (Å²) >= 11 is 1.69. The number of nitrogens with zero attached hydrogens (tertiary/aromatic N) is 4. The third kappa shape index (κ3) is 3.30. The fourth-order valence-electron chi connectivity index (χ4n) is 3.06. The van der Waals surface area contributed by atoms with Gasteiger partial charge in [0.1, 0.15) is 0 Å². The lowest BCUT2D eigenvalue weighted by atomic mass is 10.1. The number of thioether (sulfide) groups is 1. The summed E-state index contributed by atoms with van der Waals surface area (Å²) in [6.07, 6.45) is 2.45. The number of benzene rings is 2. The summed E-state index contributed by atoms with van der Waals surface area (Å²) in [5, 5.41) is 15.8. The van der Waals surface area contributed by atoms with E-state index >= 15 is 0 Å². The summed E-state index contributed by atoms with van der Waals surface area (Å²) in [7, 11) is 0. The quantitative estimate of drug-likeness (QED) is 0.660. The maximum atomic E-state index is 5.69. The normalized spacial score (nSPS) is 19.0.